The van der Waals surface area contributed by atoms with Gasteiger partial charge in [-0.2, -0.15) is 0 Å². The molecule has 170 valence electrons. The molecule has 0 aromatic heterocycles. The Morgan fingerprint density at radius 3 is 2.39 bits per heavy atom. The van der Waals surface area contributed by atoms with Crippen LogP contribution < -0.4 is 15.3 Å². The fourth-order valence-electron chi connectivity index (χ4n) is 3.54. The highest BCUT2D eigenvalue weighted by Gasteiger charge is 2.24. The summed E-state index contributed by atoms with van der Waals surface area (Å²) < 4.78 is 19.1. The summed E-state index contributed by atoms with van der Waals surface area (Å²) in [6, 6.07) is 11.9. The molecule has 0 bridgehead atoms. The second-order valence-corrected chi connectivity index (χ2v) is 7.30. The fourth-order valence-corrected chi connectivity index (χ4v) is 3.54. The van der Waals surface area contributed by atoms with Crippen LogP contribution in [0.25, 0.3) is 0 Å². The zero-order valence-corrected chi connectivity index (χ0v) is 19.3. The third-order valence-corrected chi connectivity index (χ3v) is 5.39. The van der Waals surface area contributed by atoms with Crippen LogP contribution in [-0.4, -0.2) is 51.3 Å². The highest BCUT2D eigenvalue weighted by atomic mass is 19.1. The predicted molar refractivity (Wildman–Crippen MR) is 125 cm³/mol. The Hall–Kier alpha value is -2.48. The number of urea groups is 1. The maximum absolute atomic E-state index is 13.9. The molecule has 6 nitrogen and oxygen atoms in total. The van der Waals surface area contributed by atoms with Crippen molar-refractivity contribution in [3.63, 3.8) is 0 Å². The number of amides is 2. The van der Waals surface area contributed by atoms with Gasteiger partial charge in [0.1, 0.15) is 5.82 Å². The molecule has 0 aliphatic heterocycles. The lowest BCUT2D eigenvalue weighted by Gasteiger charge is -2.31. The second-order valence-electron chi connectivity index (χ2n) is 7.30. The summed E-state index contributed by atoms with van der Waals surface area (Å²) in [4.78, 5) is 17.5. The molecule has 0 aliphatic carbocycles. The summed E-state index contributed by atoms with van der Waals surface area (Å²) in [7, 11) is 3.37. The SMILES string of the molecule is CCc1cc(F)ccc1N(NCCN(CC)CC)C(=O)N(C)c1ccccc1COC. The number of likely N-dealkylation sites (N-methyl/N-ethyl adjacent to an activating group) is 1. The number of carbonyl (C=O) groups is 1. The summed E-state index contributed by atoms with van der Waals surface area (Å²) in [5.41, 5.74) is 6.39. The number of methoxy groups -OCH3 is 1. The van der Waals surface area contributed by atoms with E-state index in [2.05, 4.69) is 24.2 Å². The monoisotopic (exact) mass is 430 g/mol. The average molecular weight is 431 g/mol. The van der Waals surface area contributed by atoms with E-state index in [1.165, 1.54) is 17.1 Å². The molecule has 0 radical (unpaired) electrons. The first-order valence-electron chi connectivity index (χ1n) is 10.9. The van der Waals surface area contributed by atoms with Crippen LogP contribution in [-0.2, 0) is 17.8 Å². The van der Waals surface area contributed by atoms with Gasteiger partial charge in [-0.15, -0.1) is 0 Å². The van der Waals surface area contributed by atoms with Gasteiger partial charge in [0.2, 0.25) is 0 Å². The largest absolute Gasteiger partial charge is 0.380 e. The first-order valence-corrected chi connectivity index (χ1v) is 10.9. The fraction of sp³-hybridized carbons (Fsp3) is 0.458. The van der Waals surface area contributed by atoms with Gasteiger partial charge in [-0.1, -0.05) is 39.0 Å². The van der Waals surface area contributed by atoms with Crippen molar-refractivity contribution in [2.24, 2.45) is 0 Å². The maximum Gasteiger partial charge on any atom is 0.343 e. The van der Waals surface area contributed by atoms with E-state index in [0.717, 1.165) is 36.4 Å². The number of halogens is 1. The van der Waals surface area contributed by atoms with Gasteiger partial charge < -0.3 is 9.64 Å². The van der Waals surface area contributed by atoms with Crippen molar-refractivity contribution in [1.82, 2.24) is 10.3 Å². The van der Waals surface area contributed by atoms with Crippen LogP contribution in [0.3, 0.4) is 0 Å². The van der Waals surface area contributed by atoms with Crippen molar-refractivity contribution < 1.29 is 13.9 Å². The van der Waals surface area contributed by atoms with Gasteiger partial charge in [0, 0.05) is 32.8 Å². The van der Waals surface area contributed by atoms with Crippen LogP contribution in [0, 0.1) is 5.82 Å². The molecule has 0 fully saturated rings. The molecular formula is C24H35FN4O2. The van der Waals surface area contributed by atoms with Crippen LogP contribution in [0.5, 0.6) is 0 Å². The molecule has 0 saturated heterocycles. The van der Waals surface area contributed by atoms with Gasteiger partial charge in [-0.3, -0.25) is 4.90 Å². The maximum atomic E-state index is 13.9. The number of carbonyl (C=O) groups excluding carboxylic acids is 1. The van der Waals surface area contributed by atoms with Gasteiger partial charge in [0.15, 0.2) is 0 Å². The summed E-state index contributed by atoms with van der Waals surface area (Å²) in [5, 5.41) is 1.53. The minimum atomic E-state index is -0.310. The molecule has 0 heterocycles. The number of anilines is 2. The van der Waals surface area contributed by atoms with Crippen LogP contribution in [0.2, 0.25) is 0 Å². The third-order valence-electron chi connectivity index (χ3n) is 5.39. The lowest BCUT2D eigenvalue weighted by atomic mass is 10.1. The molecule has 31 heavy (non-hydrogen) atoms. The Kier molecular flexibility index (Phi) is 9.91. The number of hydrazine groups is 1. The van der Waals surface area contributed by atoms with Gasteiger partial charge in [-0.25, -0.2) is 19.6 Å². The predicted octanol–water partition coefficient (Wildman–Crippen LogP) is 4.44. The summed E-state index contributed by atoms with van der Waals surface area (Å²) >= 11 is 0. The Balaban J connectivity index is 2.36. The third kappa shape index (κ3) is 6.50. The van der Waals surface area contributed by atoms with Crippen molar-refractivity contribution >= 4 is 17.4 Å². The molecule has 2 amide bonds. The Labute approximate surface area is 185 Å². The molecule has 1 N–H and O–H groups in total. The van der Waals surface area contributed by atoms with Crippen molar-refractivity contribution in [2.45, 2.75) is 33.8 Å². The lowest BCUT2D eigenvalue weighted by molar-refractivity contribution is 0.185. The van der Waals surface area contributed by atoms with Gasteiger partial charge >= 0.3 is 6.03 Å². The van der Waals surface area contributed by atoms with Crippen molar-refractivity contribution in [3.8, 4) is 0 Å². The van der Waals surface area contributed by atoms with E-state index in [9.17, 15) is 9.18 Å². The molecule has 0 unspecified atom stereocenters. The number of benzene rings is 2. The summed E-state index contributed by atoms with van der Waals surface area (Å²) in [6.45, 7) is 9.84. The molecular weight excluding hydrogens is 395 g/mol. The van der Waals surface area contributed by atoms with Crippen LogP contribution in [0.1, 0.15) is 31.9 Å². The summed E-state index contributed by atoms with van der Waals surface area (Å²) in [6.07, 6.45) is 0.610. The molecule has 2 aromatic rings. The molecule has 2 aromatic carbocycles. The highest BCUT2D eigenvalue weighted by molar-refractivity contribution is 6.03. The number of nitrogens with zero attached hydrogens (tertiary/aromatic N) is 3. The number of ether oxygens (including phenoxy) is 1. The second kappa shape index (κ2) is 12.4. The molecule has 0 atom stereocenters. The number of rotatable bonds is 11. The molecule has 2 rings (SSSR count). The minimum absolute atomic E-state index is 0.246. The Morgan fingerprint density at radius 2 is 1.74 bits per heavy atom. The number of hydrogen-bond donors (Lipinski definition) is 1. The van der Waals surface area contributed by atoms with E-state index in [1.807, 2.05) is 31.2 Å². The van der Waals surface area contributed by atoms with Crippen LogP contribution in [0.4, 0.5) is 20.6 Å². The van der Waals surface area contributed by atoms with E-state index in [4.69, 9.17) is 4.74 Å². The molecule has 0 saturated carbocycles. The zero-order chi connectivity index (χ0) is 22.8. The number of para-hydroxylation sites is 1. The first-order chi connectivity index (χ1) is 15.0. The normalized spacial score (nSPS) is 11.1. The summed E-state index contributed by atoms with van der Waals surface area (Å²) in [5.74, 6) is -0.310. The number of nitrogens with one attached hydrogen (secondary N) is 1. The lowest BCUT2D eigenvalue weighted by Crippen LogP contribution is -2.52. The van der Waals surface area contributed by atoms with E-state index in [-0.39, 0.29) is 11.8 Å². The molecule has 7 heteroatoms. The van der Waals surface area contributed by atoms with Crippen molar-refractivity contribution in [1.29, 1.82) is 0 Å². The number of hydrogen-bond acceptors (Lipinski definition) is 4. The van der Waals surface area contributed by atoms with E-state index in [1.54, 1.807) is 25.1 Å². The van der Waals surface area contributed by atoms with E-state index >= 15 is 0 Å². The van der Waals surface area contributed by atoms with Crippen molar-refractivity contribution in [2.75, 3.05) is 50.2 Å². The highest BCUT2D eigenvalue weighted by Crippen LogP contribution is 2.26. The molecule has 0 spiro atoms. The first kappa shape index (κ1) is 24.8. The van der Waals surface area contributed by atoms with E-state index < -0.39 is 0 Å². The van der Waals surface area contributed by atoms with Crippen LogP contribution in [0.15, 0.2) is 42.5 Å². The van der Waals surface area contributed by atoms with Gasteiger partial charge in [0.25, 0.3) is 0 Å². The number of aryl methyl sites for hydroxylation is 1. The quantitative estimate of drug-likeness (QED) is 0.536. The minimum Gasteiger partial charge on any atom is -0.380 e. The smallest absolute Gasteiger partial charge is 0.343 e. The van der Waals surface area contributed by atoms with Crippen LogP contribution >= 0.6 is 0 Å². The standard InChI is InChI=1S/C24H35FN4O2/c1-6-19-17-21(25)13-14-23(19)29(26-15-16-28(7-2)8-3)24(30)27(4)22-12-10-9-11-20(22)18-31-5/h9-14,17,26H,6-8,15-16,18H2,1-5H3. The van der Waals surface area contributed by atoms with Gasteiger partial charge in [-0.05, 0) is 49.3 Å². The Bertz CT molecular complexity index is 842. The topological polar surface area (TPSA) is 48.0 Å². The Morgan fingerprint density at radius 1 is 1.03 bits per heavy atom. The average Bonchev–Trinajstić information content (AvgIpc) is 2.79. The molecule has 0 aliphatic rings. The van der Waals surface area contributed by atoms with Crippen molar-refractivity contribution in [3.05, 3.63) is 59.4 Å². The van der Waals surface area contributed by atoms with Gasteiger partial charge in [0.05, 0.1) is 18.0 Å². The van der Waals surface area contributed by atoms with E-state index in [0.29, 0.717) is 25.3 Å². The zero-order valence-electron chi connectivity index (χ0n) is 19.3.